The smallest absolute Gasteiger partial charge is 0.128 e. The molecule has 4 nitrogen and oxygen atoms in total. The second-order valence-corrected chi connectivity index (χ2v) is 5.32. The summed E-state index contributed by atoms with van der Waals surface area (Å²) in [5.74, 6) is 1.34. The predicted octanol–water partition coefficient (Wildman–Crippen LogP) is 1.38. The summed E-state index contributed by atoms with van der Waals surface area (Å²) in [6.45, 7) is 5.71. The Morgan fingerprint density at radius 3 is 2.83 bits per heavy atom. The van der Waals surface area contributed by atoms with Crippen LogP contribution in [-0.2, 0) is 0 Å². The number of β-amino-alcohol motifs (C(OH)–C–C–N with tert-alkyl or cyclic N) is 1. The molecule has 0 spiro atoms. The van der Waals surface area contributed by atoms with Gasteiger partial charge in [-0.1, -0.05) is 19.9 Å². The molecule has 1 fully saturated rings. The van der Waals surface area contributed by atoms with Gasteiger partial charge in [-0.15, -0.1) is 0 Å². The zero-order valence-corrected chi connectivity index (χ0v) is 11.1. The van der Waals surface area contributed by atoms with Crippen molar-refractivity contribution in [1.29, 1.82) is 0 Å². The second kappa shape index (κ2) is 5.67. The maximum absolute atomic E-state index is 9.95. The fourth-order valence-corrected chi connectivity index (χ4v) is 2.34. The van der Waals surface area contributed by atoms with Crippen LogP contribution in [0.2, 0.25) is 0 Å². The van der Waals surface area contributed by atoms with Crippen molar-refractivity contribution < 1.29 is 10.2 Å². The molecule has 2 atom stereocenters. The van der Waals surface area contributed by atoms with E-state index in [1.54, 1.807) is 0 Å². The molecule has 0 amide bonds. The second-order valence-electron chi connectivity index (χ2n) is 5.32. The van der Waals surface area contributed by atoms with Crippen LogP contribution in [0.4, 0.5) is 5.82 Å². The van der Waals surface area contributed by atoms with Crippen LogP contribution in [0, 0.1) is 5.92 Å². The first-order valence-corrected chi connectivity index (χ1v) is 6.62. The average Bonchev–Trinajstić information content (AvgIpc) is 2.38. The normalized spacial score (nSPS) is 24.6. The number of hydrogen-bond donors (Lipinski definition) is 2. The minimum absolute atomic E-state index is 0.00883. The number of hydrogen-bond acceptors (Lipinski definition) is 4. The molecule has 100 valence electrons. The molecule has 0 aromatic carbocycles. The van der Waals surface area contributed by atoms with Crippen molar-refractivity contribution in [3.8, 4) is 0 Å². The van der Waals surface area contributed by atoms with E-state index in [2.05, 4.69) is 23.7 Å². The van der Waals surface area contributed by atoms with Gasteiger partial charge in [-0.05, 0) is 24.5 Å². The van der Waals surface area contributed by atoms with Crippen molar-refractivity contribution in [1.82, 2.24) is 4.98 Å². The molecule has 1 aromatic heterocycles. The number of rotatable bonds is 3. The van der Waals surface area contributed by atoms with Gasteiger partial charge in [0, 0.05) is 31.3 Å². The van der Waals surface area contributed by atoms with Crippen molar-refractivity contribution in [2.24, 2.45) is 5.92 Å². The monoisotopic (exact) mass is 250 g/mol. The molecule has 1 aliphatic rings. The lowest BCUT2D eigenvalue weighted by atomic mass is 9.95. The number of aliphatic hydroxyl groups excluding tert-OH is 2. The molecule has 2 heterocycles. The Labute approximate surface area is 108 Å². The molecular formula is C14H22N2O2. The summed E-state index contributed by atoms with van der Waals surface area (Å²) in [6, 6.07) is 6.03. The van der Waals surface area contributed by atoms with Crippen LogP contribution in [0.3, 0.4) is 0 Å². The molecule has 1 aromatic rings. The summed E-state index contributed by atoms with van der Waals surface area (Å²) in [7, 11) is 0. The first-order valence-electron chi connectivity index (χ1n) is 6.62. The molecule has 2 rings (SSSR count). The van der Waals surface area contributed by atoms with Crippen LogP contribution in [0.25, 0.3) is 0 Å². The van der Waals surface area contributed by atoms with Gasteiger partial charge < -0.3 is 15.1 Å². The van der Waals surface area contributed by atoms with Gasteiger partial charge in [-0.2, -0.15) is 0 Å². The fourth-order valence-electron chi connectivity index (χ4n) is 2.34. The zero-order valence-electron chi connectivity index (χ0n) is 11.1. The Morgan fingerprint density at radius 2 is 2.22 bits per heavy atom. The summed E-state index contributed by atoms with van der Waals surface area (Å²) in [5.41, 5.74) is 1.08. The van der Waals surface area contributed by atoms with Crippen LogP contribution in [-0.4, -0.2) is 41.0 Å². The third-order valence-corrected chi connectivity index (χ3v) is 3.63. The van der Waals surface area contributed by atoms with E-state index in [1.807, 2.05) is 18.2 Å². The summed E-state index contributed by atoms with van der Waals surface area (Å²) in [4.78, 5) is 6.73. The van der Waals surface area contributed by atoms with Crippen molar-refractivity contribution in [2.75, 3.05) is 24.6 Å². The van der Waals surface area contributed by atoms with Crippen molar-refractivity contribution >= 4 is 5.82 Å². The molecule has 1 saturated heterocycles. The first kappa shape index (κ1) is 13.3. The highest BCUT2D eigenvalue weighted by Crippen LogP contribution is 2.23. The largest absolute Gasteiger partial charge is 0.396 e. The Bertz CT molecular complexity index is 395. The lowest BCUT2D eigenvalue weighted by molar-refractivity contribution is 0.0546. The molecule has 0 aliphatic carbocycles. The zero-order chi connectivity index (χ0) is 13.1. The number of aromatic nitrogens is 1. The van der Waals surface area contributed by atoms with E-state index in [1.165, 1.54) is 0 Å². The highest BCUT2D eigenvalue weighted by atomic mass is 16.3. The average molecular weight is 250 g/mol. The van der Waals surface area contributed by atoms with E-state index in [9.17, 15) is 5.11 Å². The predicted molar refractivity (Wildman–Crippen MR) is 71.7 cm³/mol. The number of aliphatic hydroxyl groups is 2. The van der Waals surface area contributed by atoms with Gasteiger partial charge >= 0.3 is 0 Å². The van der Waals surface area contributed by atoms with Gasteiger partial charge in [0.15, 0.2) is 0 Å². The molecule has 0 bridgehead atoms. The standard InChI is InChI=1S/C14H22N2O2/c1-10(2)12-4-3-5-14(15-12)16-7-6-11(9-17)13(18)8-16/h3-5,10-11,13,17-18H,6-9H2,1-2H3/t11-,13-/m1/s1. The Hall–Kier alpha value is -1.13. The van der Waals surface area contributed by atoms with Crippen LogP contribution < -0.4 is 4.90 Å². The number of pyridine rings is 1. The van der Waals surface area contributed by atoms with Crippen molar-refractivity contribution in [3.05, 3.63) is 23.9 Å². The first-order chi connectivity index (χ1) is 8.61. The Kier molecular flexibility index (Phi) is 4.19. The lowest BCUT2D eigenvalue weighted by Gasteiger charge is -2.36. The fraction of sp³-hybridized carbons (Fsp3) is 0.643. The van der Waals surface area contributed by atoms with Crippen LogP contribution in [0.15, 0.2) is 18.2 Å². The molecule has 0 saturated carbocycles. The van der Waals surface area contributed by atoms with Gasteiger partial charge in [0.05, 0.1) is 6.10 Å². The number of nitrogens with zero attached hydrogens (tertiary/aromatic N) is 2. The van der Waals surface area contributed by atoms with E-state index < -0.39 is 6.10 Å². The Morgan fingerprint density at radius 1 is 1.44 bits per heavy atom. The van der Waals surface area contributed by atoms with Crippen molar-refractivity contribution in [3.63, 3.8) is 0 Å². The van der Waals surface area contributed by atoms with Gasteiger partial charge in [0.1, 0.15) is 5.82 Å². The Balaban J connectivity index is 2.10. The SMILES string of the molecule is CC(C)c1cccc(N2CC[C@H](CO)[C@H](O)C2)n1. The van der Waals surface area contributed by atoms with E-state index in [0.29, 0.717) is 12.5 Å². The van der Waals surface area contributed by atoms with Gasteiger partial charge in [0.2, 0.25) is 0 Å². The van der Waals surface area contributed by atoms with E-state index in [-0.39, 0.29) is 12.5 Å². The third-order valence-electron chi connectivity index (χ3n) is 3.63. The molecule has 2 N–H and O–H groups in total. The molecular weight excluding hydrogens is 228 g/mol. The van der Waals surface area contributed by atoms with E-state index >= 15 is 0 Å². The lowest BCUT2D eigenvalue weighted by Crippen LogP contribution is -2.45. The van der Waals surface area contributed by atoms with Crippen LogP contribution in [0.5, 0.6) is 0 Å². The third kappa shape index (κ3) is 2.82. The number of anilines is 1. The molecule has 18 heavy (non-hydrogen) atoms. The molecule has 1 aliphatic heterocycles. The maximum atomic E-state index is 9.95. The quantitative estimate of drug-likeness (QED) is 0.851. The van der Waals surface area contributed by atoms with E-state index in [4.69, 9.17) is 5.11 Å². The number of piperidine rings is 1. The minimum atomic E-state index is -0.465. The molecule has 0 radical (unpaired) electrons. The minimum Gasteiger partial charge on any atom is -0.396 e. The van der Waals surface area contributed by atoms with Gasteiger partial charge in [0.25, 0.3) is 0 Å². The summed E-state index contributed by atoms with van der Waals surface area (Å²) in [5, 5.41) is 19.1. The van der Waals surface area contributed by atoms with Crippen molar-refractivity contribution in [2.45, 2.75) is 32.3 Å². The highest BCUT2D eigenvalue weighted by Gasteiger charge is 2.27. The maximum Gasteiger partial charge on any atom is 0.128 e. The van der Waals surface area contributed by atoms with Crippen LogP contribution >= 0.6 is 0 Å². The summed E-state index contributed by atoms with van der Waals surface area (Å²) in [6.07, 6.45) is 0.346. The van der Waals surface area contributed by atoms with Gasteiger partial charge in [-0.25, -0.2) is 4.98 Å². The summed E-state index contributed by atoms with van der Waals surface area (Å²) >= 11 is 0. The van der Waals surface area contributed by atoms with E-state index in [0.717, 1.165) is 24.5 Å². The summed E-state index contributed by atoms with van der Waals surface area (Å²) < 4.78 is 0. The topological polar surface area (TPSA) is 56.6 Å². The highest BCUT2D eigenvalue weighted by molar-refractivity contribution is 5.40. The van der Waals surface area contributed by atoms with Gasteiger partial charge in [-0.3, -0.25) is 0 Å². The molecule has 4 heteroatoms. The van der Waals surface area contributed by atoms with Crippen LogP contribution in [0.1, 0.15) is 31.9 Å². The molecule has 0 unspecified atom stereocenters.